The van der Waals surface area contributed by atoms with Crippen molar-refractivity contribution in [2.24, 2.45) is 13.0 Å². The predicted octanol–water partition coefficient (Wildman–Crippen LogP) is 3.21. The number of para-hydroxylation sites is 1. The summed E-state index contributed by atoms with van der Waals surface area (Å²) in [6.07, 6.45) is 6.81. The molecule has 1 unspecified atom stereocenters. The molecular formula is C42H45F2N11O6. The van der Waals surface area contributed by atoms with Crippen molar-refractivity contribution in [2.75, 3.05) is 49.6 Å². The number of nitrogens with zero attached hydrogens (tertiary/aromatic N) is 9. The molecule has 1 aromatic carbocycles. The molecule has 4 aromatic heterocycles. The van der Waals surface area contributed by atoms with Crippen molar-refractivity contribution in [3.8, 4) is 11.8 Å². The number of morpholine rings is 1. The van der Waals surface area contributed by atoms with E-state index in [0.29, 0.717) is 34.8 Å². The highest BCUT2D eigenvalue weighted by molar-refractivity contribution is 6.08. The second-order valence-electron chi connectivity index (χ2n) is 16.8. The highest BCUT2D eigenvalue weighted by Gasteiger charge is 2.40. The van der Waals surface area contributed by atoms with Gasteiger partial charge in [-0.15, -0.1) is 0 Å². The summed E-state index contributed by atoms with van der Waals surface area (Å²) in [6.45, 7) is 4.09. The molecule has 318 valence electrons. The first-order chi connectivity index (χ1) is 29.6. The number of hydrogen-bond acceptors (Lipinski definition) is 11. The van der Waals surface area contributed by atoms with Gasteiger partial charge in [-0.05, 0) is 62.6 Å². The van der Waals surface area contributed by atoms with Gasteiger partial charge >= 0.3 is 5.69 Å². The van der Waals surface area contributed by atoms with E-state index >= 15 is 0 Å². The number of ether oxygens (including phenoxy) is 2. The summed E-state index contributed by atoms with van der Waals surface area (Å²) in [4.78, 5) is 60.2. The third-order valence-corrected chi connectivity index (χ3v) is 12.9. The molecule has 3 amide bonds. The number of alkyl halides is 2. The van der Waals surface area contributed by atoms with Gasteiger partial charge < -0.3 is 19.7 Å². The minimum absolute atomic E-state index is 0.0190. The Morgan fingerprint density at radius 1 is 1.08 bits per heavy atom. The Morgan fingerprint density at radius 3 is 2.67 bits per heavy atom. The molecule has 4 aliphatic heterocycles. The molecule has 0 radical (unpaired) electrons. The molecule has 2 N–H and O–H groups in total. The van der Waals surface area contributed by atoms with Gasteiger partial charge in [-0.3, -0.25) is 38.4 Å². The maximum Gasteiger partial charge on any atom is 0.329 e. The molecule has 2 bridgehead atoms. The van der Waals surface area contributed by atoms with Crippen LogP contribution in [0.3, 0.4) is 0 Å². The number of amides is 3. The molecule has 17 nitrogen and oxygen atoms in total. The van der Waals surface area contributed by atoms with Crippen LogP contribution in [0.5, 0.6) is 0 Å². The summed E-state index contributed by atoms with van der Waals surface area (Å²) in [5.74, 6) is 6.00. The Bertz CT molecular complexity index is 2660. The quantitative estimate of drug-likeness (QED) is 0.156. The summed E-state index contributed by atoms with van der Waals surface area (Å²) in [7, 11) is 1.65. The van der Waals surface area contributed by atoms with Gasteiger partial charge in [-0.2, -0.15) is 10.2 Å². The first kappa shape index (κ1) is 39.2. The Morgan fingerprint density at radius 2 is 1.92 bits per heavy atom. The number of benzene rings is 1. The number of aromatic nitrogens is 7. The van der Waals surface area contributed by atoms with Crippen LogP contribution >= 0.6 is 0 Å². The van der Waals surface area contributed by atoms with Crippen molar-refractivity contribution in [1.82, 2.24) is 43.7 Å². The second-order valence-corrected chi connectivity index (χ2v) is 16.8. The molecular weight excluding hydrogens is 793 g/mol. The van der Waals surface area contributed by atoms with Crippen molar-refractivity contribution < 1.29 is 32.6 Å². The van der Waals surface area contributed by atoms with Crippen LogP contribution in [0.25, 0.3) is 16.7 Å². The van der Waals surface area contributed by atoms with Gasteiger partial charge in [-0.25, -0.2) is 23.1 Å². The zero-order valence-electron chi connectivity index (χ0n) is 33.5. The van der Waals surface area contributed by atoms with Gasteiger partial charge in [-0.1, -0.05) is 17.9 Å². The Labute approximate surface area is 347 Å². The van der Waals surface area contributed by atoms with Crippen molar-refractivity contribution in [2.45, 2.75) is 81.7 Å². The zero-order valence-corrected chi connectivity index (χ0v) is 33.5. The number of imidazole rings is 1. The van der Waals surface area contributed by atoms with Gasteiger partial charge in [0.25, 0.3) is 12.3 Å². The highest BCUT2D eigenvalue weighted by atomic mass is 19.3. The average molecular weight is 838 g/mol. The van der Waals surface area contributed by atoms with Gasteiger partial charge in [0.15, 0.2) is 11.3 Å². The first-order valence-corrected chi connectivity index (χ1v) is 20.9. The highest BCUT2D eigenvalue weighted by Crippen LogP contribution is 2.36. The number of halogens is 2. The van der Waals surface area contributed by atoms with E-state index in [0.717, 1.165) is 64.1 Å². The van der Waals surface area contributed by atoms with Gasteiger partial charge in [0.2, 0.25) is 11.8 Å². The van der Waals surface area contributed by atoms with E-state index in [-0.39, 0.29) is 66.6 Å². The summed E-state index contributed by atoms with van der Waals surface area (Å²) in [5, 5.41) is 13.5. The Balaban J connectivity index is 0.706. The van der Waals surface area contributed by atoms with Gasteiger partial charge in [0.05, 0.1) is 59.4 Å². The molecule has 1 saturated carbocycles. The fraction of sp³-hybridized carbons (Fsp3) is 0.500. The van der Waals surface area contributed by atoms with Crippen LogP contribution in [0.1, 0.15) is 85.1 Å². The molecule has 5 aromatic rings. The number of anilines is 2. The molecule has 10 rings (SSSR count). The van der Waals surface area contributed by atoms with Crippen molar-refractivity contribution in [3.63, 3.8) is 0 Å². The lowest BCUT2D eigenvalue weighted by molar-refractivity contribution is -0.135. The lowest BCUT2D eigenvalue weighted by Gasteiger charge is -2.41. The second kappa shape index (κ2) is 15.8. The van der Waals surface area contributed by atoms with E-state index in [1.54, 1.807) is 30.1 Å². The zero-order chi connectivity index (χ0) is 41.9. The van der Waals surface area contributed by atoms with Gasteiger partial charge in [0.1, 0.15) is 24.0 Å². The number of rotatable bonds is 10. The summed E-state index contributed by atoms with van der Waals surface area (Å²) in [5.41, 5.74) is 1.56. The van der Waals surface area contributed by atoms with Crippen molar-refractivity contribution in [3.05, 3.63) is 70.2 Å². The summed E-state index contributed by atoms with van der Waals surface area (Å²) < 4.78 is 46.3. The molecule has 5 fully saturated rings. The SMILES string of the molecule is Cn1c(=O)n(C2CCC(=O)NC2=O)c2cccc(C#CCOC3CN(C[C@H]4CC[C@H](n5cc(NC(=O)c6cnn7ccc(N8C[C@H]9C[C@@H]8CO9)nc67)c(C(F)F)n5)CC4)C3)c21. The standard InChI is InChI=1S/C42H45F2N11O6/c1-50-37-25(4-2-6-32(37)55(42(50)59)33-11-12-35(56)48-41(33)58)5-3-15-60-29-19-51(20-29)18-24-7-9-26(10-8-24)54-22-31(36(49-54)38(43)44)46-40(57)30-17-45-53-14-13-34(47-39(30)53)52-21-28-16-27(52)23-61-28/h2,4,6,13-14,17,22,24,26-29,33,38H,7-12,15-16,18-21,23H2,1H3,(H,46,57)(H,48,56,58)/t24-,26-,27-,28-,33?/m1/s1. The number of hydrogen-bond donors (Lipinski definition) is 2. The van der Waals surface area contributed by atoms with Crippen LogP contribution in [0, 0.1) is 17.8 Å². The van der Waals surface area contributed by atoms with Crippen LogP contribution in [0.4, 0.5) is 20.3 Å². The van der Waals surface area contributed by atoms with Crippen LogP contribution in [0.2, 0.25) is 0 Å². The fourth-order valence-corrected chi connectivity index (χ4v) is 9.69. The maximum atomic E-state index is 14.2. The molecule has 0 spiro atoms. The molecule has 61 heavy (non-hydrogen) atoms. The smallest absolute Gasteiger partial charge is 0.329 e. The van der Waals surface area contributed by atoms with Crippen LogP contribution in [-0.4, -0.2) is 114 Å². The van der Waals surface area contributed by atoms with E-state index < -0.39 is 30.0 Å². The Kier molecular flexibility index (Phi) is 10.2. The fourth-order valence-electron chi connectivity index (χ4n) is 9.69. The van der Waals surface area contributed by atoms with Crippen LogP contribution < -0.4 is 21.2 Å². The number of imide groups is 1. The van der Waals surface area contributed by atoms with Crippen molar-refractivity contribution in [1.29, 1.82) is 0 Å². The number of carbonyl (C=O) groups is 3. The number of fused-ring (bicyclic) bond motifs is 4. The molecule has 8 heterocycles. The van der Waals surface area contributed by atoms with E-state index in [2.05, 4.69) is 42.5 Å². The summed E-state index contributed by atoms with van der Waals surface area (Å²) >= 11 is 0. The molecule has 4 saturated heterocycles. The normalized spacial score (nSPS) is 24.4. The molecule has 19 heteroatoms. The molecule has 5 aliphatic rings. The van der Waals surface area contributed by atoms with Crippen LogP contribution in [0.15, 0.2) is 47.7 Å². The monoisotopic (exact) mass is 837 g/mol. The summed E-state index contributed by atoms with van der Waals surface area (Å²) in [6, 6.07) is 6.68. The largest absolute Gasteiger partial charge is 0.374 e. The third-order valence-electron chi connectivity index (χ3n) is 12.9. The maximum absolute atomic E-state index is 14.2. The van der Waals surface area contributed by atoms with Crippen LogP contribution in [-0.2, 0) is 26.1 Å². The van der Waals surface area contributed by atoms with Crippen molar-refractivity contribution >= 4 is 45.9 Å². The number of piperidine rings is 1. The number of aryl methyl sites for hydroxylation is 1. The lowest BCUT2D eigenvalue weighted by atomic mass is 9.85. The Hall–Kier alpha value is -5.97. The minimum atomic E-state index is -2.87. The van der Waals surface area contributed by atoms with Gasteiger partial charge in [0, 0.05) is 52.0 Å². The number of nitrogens with one attached hydrogen (secondary N) is 2. The number of carbonyl (C=O) groups excluding carboxylic acids is 3. The average Bonchev–Trinajstić information content (AvgIpc) is 4.09. The van der Waals surface area contributed by atoms with E-state index in [9.17, 15) is 28.0 Å². The van der Waals surface area contributed by atoms with E-state index in [4.69, 9.17) is 14.5 Å². The molecule has 3 atom stereocenters. The van der Waals surface area contributed by atoms with E-state index in [1.165, 1.54) is 26.0 Å². The molecule has 1 aliphatic carbocycles. The number of likely N-dealkylation sites (tertiary alicyclic amines) is 1. The topological polar surface area (TPSA) is 175 Å². The third kappa shape index (κ3) is 7.35. The predicted molar refractivity (Wildman–Crippen MR) is 216 cm³/mol. The first-order valence-electron chi connectivity index (χ1n) is 20.9. The lowest BCUT2D eigenvalue weighted by Crippen LogP contribution is -2.53. The minimum Gasteiger partial charge on any atom is -0.374 e. The van der Waals surface area contributed by atoms with E-state index in [1.807, 2.05) is 12.1 Å².